The van der Waals surface area contributed by atoms with E-state index in [0.29, 0.717) is 11.4 Å². The second-order valence-corrected chi connectivity index (χ2v) is 13.7. The molecule has 4 aliphatic rings. The highest BCUT2D eigenvalue weighted by atomic mass is 35.5. The van der Waals surface area contributed by atoms with Gasteiger partial charge in [-0.05, 0) is 92.4 Å². The number of fused-ring (bicyclic) bond motifs is 4. The molecule has 8 rings (SSSR count). The molecule has 3 fully saturated rings. The van der Waals surface area contributed by atoms with Crippen LogP contribution in [0.2, 0.25) is 5.02 Å². The van der Waals surface area contributed by atoms with Crippen LogP contribution in [0.3, 0.4) is 0 Å². The predicted molar refractivity (Wildman–Crippen MR) is 179 cm³/mol. The van der Waals surface area contributed by atoms with Gasteiger partial charge in [-0.2, -0.15) is 0 Å². The molecule has 0 spiro atoms. The zero-order valence-electron chi connectivity index (χ0n) is 26.3. The summed E-state index contributed by atoms with van der Waals surface area (Å²) in [7, 11) is 0. The number of amides is 4. The van der Waals surface area contributed by atoms with Crippen LogP contribution in [-0.2, 0) is 25.8 Å². The molecule has 4 amide bonds. The Morgan fingerprint density at radius 2 is 1.59 bits per heavy atom. The van der Waals surface area contributed by atoms with Crippen LogP contribution in [0.4, 0.5) is 27.1 Å². The molecule has 0 unspecified atom stereocenters. The number of carbonyl (C=O) groups excluding carboxylic acids is 4. The van der Waals surface area contributed by atoms with E-state index in [1.165, 1.54) is 17.0 Å². The highest BCUT2D eigenvalue weighted by Crippen LogP contribution is 2.64. The molecule has 49 heavy (non-hydrogen) atoms. The number of nitrogens with zero attached hydrogens (tertiary/aromatic N) is 2. The van der Waals surface area contributed by atoms with Gasteiger partial charge in [0.25, 0.3) is 0 Å². The molecule has 2 N–H and O–H groups in total. The van der Waals surface area contributed by atoms with E-state index >= 15 is 0 Å². The number of benzene rings is 3. The number of hydrogen-bond donors (Lipinski definition) is 2. The van der Waals surface area contributed by atoms with Crippen LogP contribution in [0.1, 0.15) is 37.2 Å². The molecule has 6 atom stereocenters. The van der Waals surface area contributed by atoms with E-state index < -0.39 is 52.6 Å². The highest BCUT2D eigenvalue weighted by molar-refractivity contribution is 6.32. The maximum Gasteiger partial charge on any atom is 0.241 e. The minimum absolute atomic E-state index is 0.143. The van der Waals surface area contributed by atoms with Crippen molar-refractivity contribution in [3.8, 4) is 0 Å². The average Bonchev–Trinajstić information content (AvgIpc) is 3.73. The Hall–Kier alpha value is -5.06. The lowest BCUT2D eigenvalue weighted by Crippen LogP contribution is -2.48. The van der Waals surface area contributed by atoms with Gasteiger partial charge >= 0.3 is 0 Å². The van der Waals surface area contributed by atoms with Crippen molar-refractivity contribution >= 4 is 58.0 Å². The van der Waals surface area contributed by atoms with Gasteiger partial charge in [-0.1, -0.05) is 41.4 Å². The Kier molecular flexibility index (Phi) is 7.35. The third kappa shape index (κ3) is 4.69. The Bertz CT molecular complexity index is 2060. The van der Waals surface area contributed by atoms with Crippen LogP contribution in [0.5, 0.6) is 0 Å². The number of aliphatic hydroxyl groups is 1. The van der Waals surface area contributed by atoms with Gasteiger partial charge in [0.1, 0.15) is 23.9 Å². The maximum absolute atomic E-state index is 14.4. The first-order valence-corrected chi connectivity index (χ1v) is 16.5. The van der Waals surface area contributed by atoms with Crippen molar-refractivity contribution in [2.45, 2.75) is 32.3 Å². The second-order valence-electron chi connectivity index (χ2n) is 13.3. The van der Waals surface area contributed by atoms with E-state index in [2.05, 4.69) is 5.32 Å². The number of imide groups is 2. The van der Waals surface area contributed by atoms with Crippen LogP contribution < -0.4 is 15.1 Å². The van der Waals surface area contributed by atoms with Crippen LogP contribution >= 0.6 is 11.6 Å². The quantitative estimate of drug-likeness (QED) is 0.171. The van der Waals surface area contributed by atoms with Crippen LogP contribution in [-0.4, -0.2) is 28.7 Å². The van der Waals surface area contributed by atoms with Gasteiger partial charge in [0.05, 0.1) is 45.5 Å². The topological polar surface area (TPSA) is 120 Å². The summed E-state index contributed by atoms with van der Waals surface area (Å²) in [6.07, 6.45) is 2.35. The zero-order chi connectivity index (χ0) is 34.2. The van der Waals surface area contributed by atoms with Crippen molar-refractivity contribution in [1.29, 1.82) is 0 Å². The van der Waals surface area contributed by atoms with Crippen LogP contribution in [0.15, 0.2) is 101 Å². The Labute approximate surface area is 286 Å². The summed E-state index contributed by atoms with van der Waals surface area (Å²) in [6.45, 7) is 1.35. The van der Waals surface area contributed by atoms with Crippen LogP contribution in [0, 0.1) is 34.9 Å². The molecule has 248 valence electrons. The molecule has 2 aliphatic carbocycles. The van der Waals surface area contributed by atoms with E-state index in [0.717, 1.165) is 27.9 Å². The number of para-hydroxylation sites is 1. The first-order chi connectivity index (χ1) is 23.6. The SMILES string of the molecule is C[C@@]12C(=O)N(c3ccc(F)c(Cl)c3)C(=O)[C@@H]1C[C@@H]1C(=CC[C@@H]3C(=O)N(c4ccc(Nc5ccccc5)cc4)C(=O)[C@@H]31)[C@@H]2c1ccc(CO)o1. The number of carbonyl (C=O) groups is 4. The summed E-state index contributed by atoms with van der Waals surface area (Å²) < 4.78 is 20.1. The molecule has 9 nitrogen and oxygen atoms in total. The van der Waals surface area contributed by atoms with E-state index in [9.17, 15) is 28.7 Å². The molecule has 0 radical (unpaired) electrons. The van der Waals surface area contributed by atoms with Crippen molar-refractivity contribution in [3.05, 3.63) is 119 Å². The standard InChI is InChI=1S/C38H31ClFN3O6/c1-38-28(35(46)43(37(38)48)23-11-15-30(40)29(39)17-23)18-27-25(33(38)31-16-12-24(19-44)49-31)13-14-26-32(27)36(47)42(34(26)45)22-9-7-21(8-10-22)41-20-5-3-2-4-6-20/h2-13,15-17,26-28,32-33,41,44H,14,18-19H2,1H3/t26-,27+,28-,32-,33+,38+/m0/s1. The molecule has 1 aromatic heterocycles. The molecule has 3 heterocycles. The molecule has 3 aromatic carbocycles. The first kappa shape index (κ1) is 31.2. The van der Waals surface area contributed by atoms with E-state index in [4.69, 9.17) is 16.0 Å². The summed E-state index contributed by atoms with van der Waals surface area (Å²) in [5, 5.41) is 12.9. The summed E-state index contributed by atoms with van der Waals surface area (Å²) in [6, 6.07) is 23.7. The van der Waals surface area contributed by atoms with Crippen molar-refractivity contribution in [2.24, 2.45) is 29.1 Å². The van der Waals surface area contributed by atoms with Crippen molar-refractivity contribution in [3.63, 3.8) is 0 Å². The van der Waals surface area contributed by atoms with Crippen molar-refractivity contribution in [2.75, 3.05) is 15.1 Å². The third-order valence-corrected chi connectivity index (χ3v) is 11.0. The molecule has 2 aliphatic heterocycles. The Morgan fingerprint density at radius 3 is 2.29 bits per heavy atom. The maximum atomic E-state index is 14.4. The first-order valence-electron chi connectivity index (χ1n) is 16.1. The van der Waals surface area contributed by atoms with Gasteiger partial charge in [-0.25, -0.2) is 9.29 Å². The number of hydrogen-bond acceptors (Lipinski definition) is 7. The smallest absolute Gasteiger partial charge is 0.241 e. The summed E-state index contributed by atoms with van der Waals surface area (Å²) in [4.78, 5) is 59.3. The lowest BCUT2D eigenvalue weighted by Gasteiger charge is -2.48. The number of rotatable bonds is 6. The molecule has 2 saturated heterocycles. The van der Waals surface area contributed by atoms with Crippen molar-refractivity contribution in [1.82, 2.24) is 0 Å². The number of furan rings is 1. The van der Waals surface area contributed by atoms with Gasteiger partial charge in [-0.3, -0.25) is 24.1 Å². The predicted octanol–water partition coefficient (Wildman–Crippen LogP) is 6.74. The molecular weight excluding hydrogens is 649 g/mol. The second kappa shape index (κ2) is 11.5. The van der Waals surface area contributed by atoms with E-state index in [1.54, 1.807) is 31.2 Å². The fourth-order valence-electron chi connectivity index (χ4n) is 8.46. The van der Waals surface area contributed by atoms with E-state index in [-0.39, 0.29) is 47.7 Å². The number of aliphatic hydroxyl groups excluding tert-OH is 1. The number of nitrogens with one attached hydrogen (secondary N) is 1. The lowest BCUT2D eigenvalue weighted by atomic mass is 9.52. The Balaban J connectivity index is 1.16. The third-order valence-electron chi connectivity index (χ3n) is 10.7. The average molecular weight is 680 g/mol. The van der Waals surface area contributed by atoms with Crippen molar-refractivity contribution < 1.29 is 33.1 Å². The fraction of sp³-hybridized carbons (Fsp3) is 0.263. The normalized spacial score (nSPS) is 27.6. The summed E-state index contributed by atoms with van der Waals surface area (Å²) in [5.74, 6) is -5.29. The van der Waals surface area contributed by atoms with E-state index in [1.807, 2.05) is 48.5 Å². The van der Waals surface area contributed by atoms with Gasteiger partial charge in [0.2, 0.25) is 23.6 Å². The monoisotopic (exact) mass is 679 g/mol. The van der Waals surface area contributed by atoms with Gasteiger partial charge in [0.15, 0.2) is 0 Å². The van der Waals surface area contributed by atoms with Gasteiger partial charge < -0.3 is 14.8 Å². The molecule has 0 bridgehead atoms. The minimum Gasteiger partial charge on any atom is -0.463 e. The van der Waals surface area contributed by atoms with Crippen LogP contribution in [0.25, 0.3) is 0 Å². The molecular formula is C38H31ClFN3O6. The summed E-state index contributed by atoms with van der Waals surface area (Å²) >= 11 is 6.07. The number of anilines is 4. The molecule has 4 aromatic rings. The van der Waals surface area contributed by atoms with Gasteiger partial charge in [0, 0.05) is 11.4 Å². The summed E-state index contributed by atoms with van der Waals surface area (Å²) in [5.41, 5.74) is 1.70. The van der Waals surface area contributed by atoms with Gasteiger partial charge in [-0.15, -0.1) is 0 Å². The molecule has 1 saturated carbocycles. The number of allylic oxidation sites excluding steroid dienone is 2. The largest absolute Gasteiger partial charge is 0.463 e. The highest BCUT2D eigenvalue weighted by Gasteiger charge is 2.68. The molecule has 11 heteroatoms. The Morgan fingerprint density at radius 1 is 0.878 bits per heavy atom. The minimum atomic E-state index is -1.34. The number of halogens is 2. The zero-order valence-corrected chi connectivity index (χ0v) is 27.1. The fourth-order valence-corrected chi connectivity index (χ4v) is 8.63. The lowest BCUT2D eigenvalue weighted by molar-refractivity contribution is -0.131.